The van der Waals surface area contributed by atoms with Gasteiger partial charge in [0, 0.05) is 6.61 Å². The van der Waals surface area contributed by atoms with Crippen LogP contribution in [0.15, 0.2) is 4.79 Å². The molecule has 1 aliphatic heterocycles. The van der Waals surface area contributed by atoms with Gasteiger partial charge in [-0.1, -0.05) is 18.5 Å². The summed E-state index contributed by atoms with van der Waals surface area (Å²) in [5, 5.41) is 2.54. The van der Waals surface area contributed by atoms with E-state index in [0.717, 1.165) is 13.0 Å². The molecule has 3 rings (SSSR count). The van der Waals surface area contributed by atoms with Crippen molar-refractivity contribution in [2.75, 3.05) is 19.8 Å². The number of halogens is 3. The molecule has 1 saturated heterocycles. The van der Waals surface area contributed by atoms with Crippen LogP contribution in [-0.4, -0.2) is 46.9 Å². The Morgan fingerprint density at radius 1 is 1.44 bits per heavy atom. The Hall–Kier alpha value is -1.48. The van der Waals surface area contributed by atoms with Gasteiger partial charge < -0.3 is 14.8 Å². The van der Waals surface area contributed by atoms with E-state index in [0.29, 0.717) is 19.6 Å². The van der Waals surface area contributed by atoms with Gasteiger partial charge in [-0.2, -0.15) is 4.98 Å². The Morgan fingerprint density at radius 3 is 3.00 bits per heavy atom. The number of fused-ring (bicyclic) bond motifs is 1. The molecule has 1 fully saturated rings. The normalized spacial score (nSPS) is 19.6. The van der Waals surface area contributed by atoms with Crippen LogP contribution < -0.4 is 15.6 Å². The van der Waals surface area contributed by atoms with E-state index in [1.807, 2.05) is 6.92 Å². The van der Waals surface area contributed by atoms with Crippen LogP contribution in [-0.2, 0) is 4.74 Å². The zero-order chi connectivity index (χ0) is 18.0. The molecule has 10 heteroatoms. The molecule has 2 N–H and O–H groups in total. The number of ether oxygens (including phenoxy) is 2. The SMILES string of the molecule is CC[C@H](Oc1nc(Cl)c(F)c2nc(Cl)[nH]c(=O)c12)C1COCCCN1. The van der Waals surface area contributed by atoms with E-state index >= 15 is 0 Å². The number of rotatable bonds is 4. The van der Waals surface area contributed by atoms with Gasteiger partial charge >= 0.3 is 0 Å². The van der Waals surface area contributed by atoms with Crippen LogP contribution in [0.3, 0.4) is 0 Å². The maximum absolute atomic E-state index is 14.2. The molecule has 1 aliphatic rings. The van der Waals surface area contributed by atoms with Crippen LogP contribution >= 0.6 is 23.2 Å². The predicted molar refractivity (Wildman–Crippen MR) is 92.1 cm³/mol. The lowest BCUT2D eigenvalue weighted by molar-refractivity contribution is 0.0741. The Bertz CT molecular complexity index is 825. The van der Waals surface area contributed by atoms with E-state index in [9.17, 15) is 9.18 Å². The number of hydrogen-bond acceptors (Lipinski definition) is 6. The quantitative estimate of drug-likeness (QED) is 0.614. The monoisotopic (exact) mass is 390 g/mol. The lowest BCUT2D eigenvalue weighted by Gasteiger charge is -2.26. The molecular weight excluding hydrogens is 374 g/mol. The summed E-state index contributed by atoms with van der Waals surface area (Å²) in [6.07, 6.45) is 1.18. The molecule has 2 aromatic heterocycles. The summed E-state index contributed by atoms with van der Waals surface area (Å²) in [6, 6.07) is -0.0903. The minimum Gasteiger partial charge on any atom is -0.472 e. The van der Waals surface area contributed by atoms with Gasteiger partial charge in [-0.25, -0.2) is 9.37 Å². The highest BCUT2D eigenvalue weighted by Crippen LogP contribution is 2.28. The van der Waals surface area contributed by atoms with E-state index in [4.69, 9.17) is 32.7 Å². The number of hydrogen-bond donors (Lipinski definition) is 2. The summed E-state index contributed by atoms with van der Waals surface area (Å²) < 4.78 is 25.7. The summed E-state index contributed by atoms with van der Waals surface area (Å²) in [6.45, 7) is 3.86. The fourth-order valence-electron chi connectivity index (χ4n) is 2.74. The van der Waals surface area contributed by atoms with Gasteiger partial charge in [0.05, 0.1) is 12.6 Å². The first-order valence-corrected chi connectivity index (χ1v) is 8.69. The average Bonchev–Trinajstić information content (AvgIpc) is 2.85. The second kappa shape index (κ2) is 7.82. The Morgan fingerprint density at radius 2 is 2.24 bits per heavy atom. The van der Waals surface area contributed by atoms with Crippen LogP contribution in [0.1, 0.15) is 19.8 Å². The number of aromatic nitrogens is 3. The van der Waals surface area contributed by atoms with Crippen LogP contribution in [0, 0.1) is 5.82 Å². The fraction of sp³-hybridized carbons (Fsp3) is 0.533. The van der Waals surface area contributed by atoms with Crippen molar-refractivity contribution in [2.45, 2.75) is 31.9 Å². The molecule has 0 radical (unpaired) electrons. The van der Waals surface area contributed by atoms with Crippen molar-refractivity contribution in [1.29, 1.82) is 0 Å². The topological polar surface area (TPSA) is 89.1 Å². The third-order valence-electron chi connectivity index (χ3n) is 3.98. The summed E-state index contributed by atoms with van der Waals surface area (Å²) in [7, 11) is 0. The van der Waals surface area contributed by atoms with Gasteiger partial charge in [0.15, 0.2) is 11.0 Å². The van der Waals surface area contributed by atoms with Crippen molar-refractivity contribution in [1.82, 2.24) is 20.3 Å². The second-order valence-electron chi connectivity index (χ2n) is 5.66. The second-order valence-corrected chi connectivity index (χ2v) is 6.37. The number of nitrogens with zero attached hydrogens (tertiary/aromatic N) is 2. The molecule has 0 aliphatic carbocycles. The Balaban J connectivity index is 2.02. The molecule has 25 heavy (non-hydrogen) atoms. The van der Waals surface area contributed by atoms with Crippen LogP contribution in [0.4, 0.5) is 4.39 Å². The molecule has 3 heterocycles. The largest absolute Gasteiger partial charge is 0.472 e. The summed E-state index contributed by atoms with van der Waals surface area (Å²) in [5.41, 5.74) is -0.920. The van der Waals surface area contributed by atoms with Crippen molar-refractivity contribution in [2.24, 2.45) is 0 Å². The first kappa shape index (κ1) is 18.3. The maximum Gasteiger partial charge on any atom is 0.265 e. The molecule has 0 aromatic carbocycles. The molecule has 7 nitrogen and oxygen atoms in total. The Labute approximate surface area is 152 Å². The van der Waals surface area contributed by atoms with E-state index in [1.54, 1.807) is 0 Å². The van der Waals surface area contributed by atoms with E-state index in [2.05, 4.69) is 20.3 Å². The molecule has 2 atom stereocenters. The minimum absolute atomic E-state index is 0.0790. The van der Waals surface area contributed by atoms with Crippen molar-refractivity contribution >= 4 is 34.1 Å². The predicted octanol–water partition coefficient (Wildman–Crippen LogP) is 2.30. The Kier molecular flexibility index (Phi) is 5.73. The highest BCUT2D eigenvalue weighted by Gasteiger charge is 2.26. The fourth-order valence-corrected chi connectivity index (χ4v) is 3.08. The van der Waals surface area contributed by atoms with Crippen molar-refractivity contribution in [3.05, 3.63) is 26.6 Å². The van der Waals surface area contributed by atoms with Gasteiger partial charge in [0.2, 0.25) is 11.2 Å². The minimum atomic E-state index is -0.916. The van der Waals surface area contributed by atoms with Crippen molar-refractivity contribution < 1.29 is 13.9 Å². The zero-order valence-electron chi connectivity index (χ0n) is 13.4. The molecule has 136 valence electrons. The third kappa shape index (κ3) is 3.87. The lowest BCUT2D eigenvalue weighted by atomic mass is 10.1. The smallest absolute Gasteiger partial charge is 0.265 e. The average molecular weight is 391 g/mol. The van der Waals surface area contributed by atoms with Gasteiger partial charge in [0.25, 0.3) is 5.56 Å². The number of aromatic amines is 1. The highest BCUT2D eigenvalue weighted by atomic mass is 35.5. The van der Waals surface area contributed by atoms with Gasteiger partial charge in [-0.05, 0) is 31.0 Å². The molecule has 1 unspecified atom stereocenters. The third-order valence-corrected chi connectivity index (χ3v) is 4.41. The molecule has 0 amide bonds. The first-order chi connectivity index (χ1) is 12.0. The molecule has 0 bridgehead atoms. The number of nitrogens with one attached hydrogen (secondary N) is 2. The number of H-pyrrole nitrogens is 1. The first-order valence-electron chi connectivity index (χ1n) is 7.93. The maximum atomic E-state index is 14.2. The van der Waals surface area contributed by atoms with E-state index in [1.165, 1.54) is 0 Å². The zero-order valence-corrected chi connectivity index (χ0v) is 15.0. The molecule has 2 aromatic rings. The van der Waals surface area contributed by atoms with Gasteiger partial charge in [-0.15, -0.1) is 0 Å². The van der Waals surface area contributed by atoms with Crippen LogP contribution in [0.2, 0.25) is 10.4 Å². The number of pyridine rings is 1. The molecule has 0 saturated carbocycles. The highest BCUT2D eigenvalue weighted by molar-refractivity contribution is 6.30. The van der Waals surface area contributed by atoms with Crippen LogP contribution in [0.25, 0.3) is 10.9 Å². The lowest BCUT2D eigenvalue weighted by Crippen LogP contribution is -2.45. The van der Waals surface area contributed by atoms with Crippen LogP contribution in [0.5, 0.6) is 5.88 Å². The molecule has 0 spiro atoms. The van der Waals surface area contributed by atoms with Gasteiger partial charge in [-0.3, -0.25) is 9.78 Å². The van der Waals surface area contributed by atoms with Crippen molar-refractivity contribution in [3.8, 4) is 5.88 Å². The van der Waals surface area contributed by atoms with E-state index < -0.39 is 16.5 Å². The summed E-state index contributed by atoms with van der Waals surface area (Å²) in [5.74, 6) is -0.995. The summed E-state index contributed by atoms with van der Waals surface area (Å²) >= 11 is 11.5. The van der Waals surface area contributed by atoms with Crippen molar-refractivity contribution in [3.63, 3.8) is 0 Å². The van der Waals surface area contributed by atoms with E-state index in [-0.39, 0.29) is 34.2 Å². The van der Waals surface area contributed by atoms with Gasteiger partial charge in [0.1, 0.15) is 17.0 Å². The molecular formula is C15H17Cl2FN4O3. The summed E-state index contributed by atoms with van der Waals surface area (Å²) in [4.78, 5) is 22.2. The standard InChI is InChI=1S/C15H17Cl2FN4O3/c1-2-8(7-6-24-5-3-4-19-7)25-14-9-11(10(18)12(16)21-14)20-15(17)22-13(9)23/h7-8,19H,2-6H2,1H3,(H,20,22,23)/t7?,8-/m0/s1.